The second-order valence-electron chi connectivity index (χ2n) is 9.80. The van der Waals surface area contributed by atoms with E-state index in [4.69, 9.17) is 4.74 Å². The number of aromatic amines is 1. The minimum absolute atomic E-state index is 0.0374. The van der Waals surface area contributed by atoms with Gasteiger partial charge in [-0.05, 0) is 68.1 Å². The molecule has 1 fully saturated rings. The number of aromatic nitrogens is 3. The van der Waals surface area contributed by atoms with Crippen LogP contribution in [0.3, 0.4) is 0 Å². The van der Waals surface area contributed by atoms with Crippen LogP contribution in [0.15, 0.2) is 58.4 Å². The summed E-state index contributed by atoms with van der Waals surface area (Å²) in [5.41, 5.74) is 2.39. The second-order valence-corrected chi connectivity index (χ2v) is 9.80. The highest BCUT2D eigenvalue weighted by atomic mass is 16.5. The Balaban J connectivity index is 1.20. The van der Waals surface area contributed by atoms with Crippen LogP contribution in [0, 0.1) is 0 Å². The number of anilines is 1. The first-order chi connectivity index (χ1) is 18.1. The average Bonchev–Trinajstić information content (AvgIpc) is 2.90. The molecule has 198 valence electrons. The van der Waals surface area contributed by atoms with Gasteiger partial charge in [-0.15, -0.1) is 0 Å². The summed E-state index contributed by atoms with van der Waals surface area (Å²) >= 11 is 0. The predicted octanol–water partition coefficient (Wildman–Crippen LogP) is 4.19. The number of hydrogen-bond acceptors (Lipinski definition) is 6. The maximum Gasteiger partial charge on any atom is 0.255 e. The zero-order valence-electron chi connectivity index (χ0n) is 21.9. The van der Waals surface area contributed by atoms with Crippen molar-refractivity contribution in [1.29, 1.82) is 0 Å². The third-order valence-electron chi connectivity index (χ3n) is 6.72. The Labute approximate surface area is 218 Å². The first-order valence-electron chi connectivity index (χ1n) is 13.6. The number of H-pyrrole nitrogens is 1. The zero-order valence-corrected chi connectivity index (χ0v) is 21.9. The van der Waals surface area contributed by atoms with Gasteiger partial charge in [0.2, 0.25) is 5.95 Å². The topological polar surface area (TPSA) is 92.2 Å². The van der Waals surface area contributed by atoms with E-state index < -0.39 is 0 Å². The van der Waals surface area contributed by atoms with Gasteiger partial charge in [0.05, 0.1) is 6.61 Å². The Morgan fingerprint density at radius 3 is 2.70 bits per heavy atom. The molecular weight excluding hydrogens is 466 g/mol. The summed E-state index contributed by atoms with van der Waals surface area (Å²) in [4.78, 5) is 34.5. The number of likely N-dealkylation sites (tertiary alicyclic amines) is 1. The maximum atomic E-state index is 12.5. The van der Waals surface area contributed by atoms with Gasteiger partial charge in [-0.2, -0.15) is 0 Å². The van der Waals surface area contributed by atoms with Gasteiger partial charge >= 0.3 is 0 Å². The molecule has 0 spiro atoms. The summed E-state index contributed by atoms with van der Waals surface area (Å²) in [6.45, 7) is 7.36. The molecule has 1 aliphatic rings. The summed E-state index contributed by atoms with van der Waals surface area (Å²) in [5.74, 6) is 1.33. The zero-order chi connectivity index (χ0) is 25.9. The van der Waals surface area contributed by atoms with Crippen molar-refractivity contribution >= 4 is 5.95 Å². The van der Waals surface area contributed by atoms with Crippen molar-refractivity contribution in [2.45, 2.75) is 65.0 Å². The molecule has 0 atom stereocenters. The van der Waals surface area contributed by atoms with E-state index >= 15 is 0 Å². The summed E-state index contributed by atoms with van der Waals surface area (Å²) in [6, 6.07) is 11.8. The van der Waals surface area contributed by atoms with Crippen molar-refractivity contribution in [2.24, 2.45) is 0 Å². The van der Waals surface area contributed by atoms with Gasteiger partial charge in [0.1, 0.15) is 5.75 Å². The molecule has 3 heterocycles. The van der Waals surface area contributed by atoms with E-state index in [-0.39, 0.29) is 11.1 Å². The summed E-state index contributed by atoms with van der Waals surface area (Å²) in [5, 5.41) is 3.16. The quantitative estimate of drug-likeness (QED) is 0.339. The van der Waals surface area contributed by atoms with Crippen molar-refractivity contribution < 1.29 is 4.74 Å². The van der Waals surface area contributed by atoms with Crippen LogP contribution >= 0.6 is 0 Å². The van der Waals surface area contributed by atoms with E-state index in [9.17, 15) is 9.59 Å². The van der Waals surface area contributed by atoms with Gasteiger partial charge in [0, 0.05) is 50.1 Å². The van der Waals surface area contributed by atoms with Crippen LogP contribution in [-0.4, -0.2) is 45.7 Å². The van der Waals surface area contributed by atoms with Crippen LogP contribution in [0.5, 0.6) is 5.75 Å². The van der Waals surface area contributed by atoms with Crippen LogP contribution in [0.1, 0.15) is 62.1 Å². The van der Waals surface area contributed by atoms with E-state index in [1.54, 1.807) is 23.0 Å². The maximum absolute atomic E-state index is 12.5. The number of nitrogens with one attached hydrogen (secondary N) is 2. The van der Waals surface area contributed by atoms with Gasteiger partial charge in [-0.25, -0.2) is 4.98 Å². The molecule has 0 radical (unpaired) electrons. The molecule has 1 aliphatic heterocycles. The molecule has 0 saturated carbocycles. The number of rotatable bonds is 13. The van der Waals surface area contributed by atoms with Crippen molar-refractivity contribution in [2.75, 3.05) is 31.6 Å². The summed E-state index contributed by atoms with van der Waals surface area (Å²) in [7, 11) is 0. The van der Waals surface area contributed by atoms with Crippen LogP contribution in [0.2, 0.25) is 0 Å². The number of pyridine rings is 1. The predicted molar refractivity (Wildman–Crippen MR) is 147 cm³/mol. The Morgan fingerprint density at radius 1 is 1.05 bits per heavy atom. The molecule has 2 aromatic heterocycles. The Kier molecular flexibility index (Phi) is 9.94. The van der Waals surface area contributed by atoms with Crippen LogP contribution in [-0.2, 0) is 19.5 Å². The molecule has 1 saturated heterocycles. The number of aryl methyl sites for hydroxylation is 1. The molecule has 8 heteroatoms. The lowest BCUT2D eigenvalue weighted by atomic mass is 10.1. The minimum Gasteiger partial charge on any atom is -0.494 e. The minimum atomic E-state index is -0.200. The first-order valence-corrected chi connectivity index (χ1v) is 13.6. The molecule has 0 amide bonds. The average molecular weight is 506 g/mol. The molecular formula is C29H39N5O3. The van der Waals surface area contributed by atoms with Crippen LogP contribution < -0.4 is 21.2 Å². The number of benzene rings is 1. The molecule has 4 rings (SSSR count). The number of hydrogen-bond donors (Lipinski definition) is 2. The third-order valence-corrected chi connectivity index (χ3v) is 6.72. The third kappa shape index (κ3) is 8.32. The highest BCUT2D eigenvalue weighted by Gasteiger charge is 2.11. The lowest BCUT2D eigenvalue weighted by Gasteiger charge is -2.26. The molecule has 0 aliphatic carbocycles. The Hall–Kier alpha value is -3.39. The lowest BCUT2D eigenvalue weighted by Crippen LogP contribution is -2.29. The Bertz CT molecular complexity index is 1250. The molecule has 1 aromatic carbocycles. The molecule has 3 aromatic rings. The normalized spacial score (nSPS) is 14.0. The van der Waals surface area contributed by atoms with E-state index in [0.29, 0.717) is 37.6 Å². The highest BCUT2D eigenvalue weighted by Crippen LogP contribution is 2.17. The van der Waals surface area contributed by atoms with Crippen LogP contribution in [0.25, 0.3) is 0 Å². The van der Waals surface area contributed by atoms with E-state index in [1.807, 2.05) is 12.1 Å². The summed E-state index contributed by atoms with van der Waals surface area (Å²) in [6.07, 6.45) is 10.5. The number of nitrogens with zero attached hydrogens (tertiary/aromatic N) is 3. The fraction of sp³-hybridized carbons (Fsp3) is 0.483. The SMILES string of the molecule is CCCCn1ccc(Cc2cnc(NCCCOc3cccc(CN4CCCCC4)c3)[nH]c2=O)cc1=O. The smallest absolute Gasteiger partial charge is 0.255 e. The lowest BCUT2D eigenvalue weighted by molar-refractivity contribution is 0.220. The molecule has 37 heavy (non-hydrogen) atoms. The standard InChI is InChI=1S/C29H39N5O3/c1-2-3-15-34-16-11-23(20-27(34)35)18-25-21-31-29(32-28(25)36)30-12-8-17-37-26-10-7-9-24(19-26)22-33-13-5-4-6-14-33/h7,9-11,16,19-21H,2-6,8,12-15,17-18,22H2,1H3,(H2,30,31,32,36). The van der Waals surface area contributed by atoms with Gasteiger partial charge in [0.25, 0.3) is 11.1 Å². The largest absolute Gasteiger partial charge is 0.494 e. The number of unbranched alkanes of at least 4 members (excludes halogenated alkanes) is 1. The van der Waals surface area contributed by atoms with Gasteiger partial charge in [-0.1, -0.05) is 31.9 Å². The van der Waals surface area contributed by atoms with E-state index in [1.165, 1.54) is 37.9 Å². The van der Waals surface area contributed by atoms with Gasteiger partial charge in [-0.3, -0.25) is 19.5 Å². The second kappa shape index (κ2) is 13.8. The molecule has 0 unspecified atom stereocenters. The van der Waals surface area contributed by atoms with E-state index in [0.717, 1.165) is 37.1 Å². The summed E-state index contributed by atoms with van der Waals surface area (Å²) < 4.78 is 7.65. The van der Waals surface area contributed by atoms with Gasteiger partial charge in [0.15, 0.2) is 0 Å². The Morgan fingerprint density at radius 2 is 1.92 bits per heavy atom. The number of ether oxygens (including phenoxy) is 1. The molecule has 2 N–H and O–H groups in total. The number of piperidine rings is 1. The fourth-order valence-corrected chi connectivity index (χ4v) is 4.61. The highest BCUT2D eigenvalue weighted by molar-refractivity contribution is 5.29. The fourth-order valence-electron chi connectivity index (χ4n) is 4.61. The van der Waals surface area contributed by atoms with Crippen molar-refractivity contribution in [1.82, 2.24) is 19.4 Å². The van der Waals surface area contributed by atoms with Crippen molar-refractivity contribution in [3.8, 4) is 5.75 Å². The van der Waals surface area contributed by atoms with Crippen molar-refractivity contribution in [3.05, 3.63) is 86.2 Å². The first kappa shape index (κ1) is 26.7. The van der Waals surface area contributed by atoms with Crippen LogP contribution in [0.4, 0.5) is 5.95 Å². The monoisotopic (exact) mass is 505 g/mol. The van der Waals surface area contributed by atoms with Crippen molar-refractivity contribution in [3.63, 3.8) is 0 Å². The molecule has 8 nitrogen and oxygen atoms in total. The molecule has 0 bridgehead atoms. The van der Waals surface area contributed by atoms with E-state index in [2.05, 4.69) is 45.3 Å². The van der Waals surface area contributed by atoms with Gasteiger partial charge < -0.3 is 14.6 Å².